The molecule has 1 unspecified atom stereocenters. The van der Waals surface area contributed by atoms with Gasteiger partial charge in [0.05, 0.1) is 23.1 Å². The Hall–Kier alpha value is -1.49. The highest BCUT2D eigenvalue weighted by molar-refractivity contribution is 5.95. The maximum atomic E-state index is 12.0. The van der Waals surface area contributed by atoms with Crippen molar-refractivity contribution in [3.63, 3.8) is 0 Å². The summed E-state index contributed by atoms with van der Waals surface area (Å²) in [4.78, 5) is 12.0. The number of aromatic nitrogens is 2. The summed E-state index contributed by atoms with van der Waals surface area (Å²) in [5, 5.41) is 20.4. The third-order valence-corrected chi connectivity index (χ3v) is 2.69. The maximum Gasteiger partial charge on any atom is 0.253 e. The Morgan fingerprint density at radius 1 is 1.37 bits per heavy atom. The fourth-order valence-electron chi connectivity index (χ4n) is 1.86. The molecular formula is C14H23N3O2. The second kappa shape index (κ2) is 6.10. The van der Waals surface area contributed by atoms with Gasteiger partial charge in [-0.15, -0.1) is 0 Å². The van der Waals surface area contributed by atoms with Gasteiger partial charge in [-0.25, -0.2) is 0 Å². The van der Waals surface area contributed by atoms with E-state index in [-0.39, 0.29) is 17.9 Å². The molecule has 1 aromatic rings. The first-order valence-electron chi connectivity index (χ1n) is 6.46. The highest BCUT2D eigenvalue weighted by atomic mass is 16.3. The van der Waals surface area contributed by atoms with Crippen LogP contribution < -0.4 is 5.32 Å². The van der Waals surface area contributed by atoms with Crippen LogP contribution in [0.3, 0.4) is 0 Å². The van der Waals surface area contributed by atoms with Gasteiger partial charge in [-0.3, -0.25) is 4.79 Å². The van der Waals surface area contributed by atoms with Crippen molar-refractivity contribution in [1.82, 2.24) is 15.5 Å². The number of hydrogen-bond acceptors (Lipinski definition) is 4. The third kappa shape index (κ3) is 5.34. The van der Waals surface area contributed by atoms with Crippen LogP contribution in [0.5, 0.6) is 0 Å². The fourth-order valence-corrected chi connectivity index (χ4v) is 1.86. The average molecular weight is 265 g/mol. The van der Waals surface area contributed by atoms with E-state index < -0.39 is 6.10 Å². The van der Waals surface area contributed by atoms with E-state index in [1.165, 1.54) is 0 Å². The number of aryl methyl sites for hydroxylation is 2. The number of rotatable bonds is 4. The van der Waals surface area contributed by atoms with Crippen molar-refractivity contribution in [2.45, 2.75) is 47.1 Å². The maximum absolute atomic E-state index is 12.0. The monoisotopic (exact) mass is 265 g/mol. The van der Waals surface area contributed by atoms with Crippen LogP contribution in [0.4, 0.5) is 0 Å². The Kier molecular flexibility index (Phi) is 5.00. The highest BCUT2D eigenvalue weighted by Gasteiger charge is 2.18. The summed E-state index contributed by atoms with van der Waals surface area (Å²) in [6.07, 6.45) is 0.0972. The average Bonchev–Trinajstić information content (AvgIpc) is 2.27. The van der Waals surface area contributed by atoms with Gasteiger partial charge in [0, 0.05) is 6.54 Å². The van der Waals surface area contributed by atoms with E-state index in [1.807, 2.05) is 0 Å². The summed E-state index contributed by atoms with van der Waals surface area (Å²) in [5.41, 5.74) is 1.84. The van der Waals surface area contributed by atoms with Gasteiger partial charge >= 0.3 is 0 Å². The van der Waals surface area contributed by atoms with Crippen molar-refractivity contribution in [3.8, 4) is 0 Å². The molecule has 0 aliphatic heterocycles. The van der Waals surface area contributed by atoms with Crippen molar-refractivity contribution >= 4 is 5.91 Å². The van der Waals surface area contributed by atoms with Gasteiger partial charge in [-0.2, -0.15) is 10.2 Å². The molecule has 0 spiro atoms. The molecule has 1 rings (SSSR count). The number of carbonyl (C=O) groups is 1. The molecule has 1 amide bonds. The zero-order chi connectivity index (χ0) is 14.6. The van der Waals surface area contributed by atoms with E-state index in [9.17, 15) is 9.90 Å². The second-order valence-corrected chi connectivity index (χ2v) is 6.11. The van der Waals surface area contributed by atoms with Crippen molar-refractivity contribution < 1.29 is 9.90 Å². The van der Waals surface area contributed by atoms with Crippen molar-refractivity contribution in [2.24, 2.45) is 5.41 Å². The molecule has 5 nitrogen and oxygen atoms in total. The number of aliphatic hydroxyl groups excluding tert-OH is 1. The SMILES string of the molecule is Cc1cc(C(=O)NCC(O)CC(C)(C)C)c(C)nn1. The highest BCUT2D eigenvalue weighted by Crippen LogP contribution is 2.20. The summed E-state index contributed by atoms with van der Waals surface area (Å²) >= 11 is 0. The Morgan fingerprint density at radius 2 is 2.00 bits per heavy atom. The minimum atomic E-state index is -0.542. The minimum Gasteiger partial charge on any atom is -0.391 e. The Morgan fingerprint density at radius 3 is 2.58 bits per heavy atom. The van der Waals surface area contributed by atoms with Gasteiger partial charge in [0.2, 0.25) is 0 Å². The third-order valence-electron chi connectivity index (χ3n) is 2.69. The lowest BCUT2D eigenvalue weighted by Crippen LogP contribution is -2.34. The molecule has 1 aromatic heterocycles. The number of carbonyl (C=O) groups excluding carboxylic acids is 1. The molecule has 0 fully saturated rings. The standard InChI is InChI=1S/C14H23N3O2/c1-9-6-12(10(2)17-16-9)13(19)15-8-11(18)7-14(3,4)5/h6,11,18H,7-8H2,1-5H3,(H,15,19). The van der Waals surface area contributed by atoms with Gasteiger partial charge in [0.15, 0.2) is 0 Å². The second-order valence-electron chi connectivity index (χ2n) is 6.11. The van der Waals surface area contributed by atoms with Crippen molar-refractivity contribution in [3.05, 3.63) is 23.0 Å². The smallest absolute Gasteiger partial charge is 0.253 e. The van der Waals surface area contributed by atoms with Gasteiger partial charge in [0.1, 0.15) is 0 Å². The largest absolute Gasteiger partial charge is 0.391 e. The molecular weight excluding hydrogens is 242 g/mol. The molecule has 106 valence electrons. The fraction of sp³-hybridized carbons (Fsp3) is 0.643. The molecule has 0 saturated heterocycles. The molecule has 0 aromatic carbocycles. The van der Waals surface area contributed by atoms with Crippen molar-refractivity contribution in [2.75, 3.05) is 6.54 Å². The van der Waals surface area contributed by atoms with E-state index in [0.717, 1.165) is 0 Å². The molecule has 0 bridgehead atoms. The predicted octanol–water partition coefficient (Wildman–Crippen LogP) is 1.62. The van der Waals surface area contributed by atoms with E-state index in [4.69, 9.17) is 0 Å². The molecule has 1 heterocycles. The van der Waals surface area contributed by atoms with Gasteiger partial charge in [0.25, 0.3) is 5.91 Å². The van der Waals surface area contributed by atoms with Crippen LogP contribution in [-0.2, 0) is 0 Å². The Bertz CT molecular complexity index is 452. The van der Waals surface area contributed by atoms with Crippen LogP contribution in [0.2, 0.25) is 0 Å². The lowest BCUT2D eigenvalue weighted by atomic mass is 9.89. The van der Waals surface area contributed by atoms with Crippen LogP contribution in [0, 0.1) is 19.3 Å². The first-order chi connectivity index (χ1) is 8.69. The first kappa shape index (κ1) is 15.6. The number of hydrogen-bond donors (Lipinski definition) is 2. The predicted molar refractivity (Wildman–Crippen MR) is 73.9 cm³/mol. The van der Waals surface area contributed by atoms with Crippen LogP contribution >= 0.6 is 0 Å². The van der Waals surface area contributed by atoms with Gasteiger partial charge in [-0.1, -0.05) is 20.8 Å². The molecule has 0 aliphatic rings. The molecule has 5 heteroatoms. The minimum absolute atomic E-state index is 0.0366. The normalized spacial score (nSPS) is 13.2. The molecule has 19 heavy (non-hydrogen) atoms. The summed E-state index contributed by atoms with van der Waals surface area (Å²) in [7, 11) is 0. The molecule has 0 radical (unpaired) electrons. The van der Waals surface area contributed by atoms with Crippen molar-refractivity contribution in [1.29, 1.82) is 0 Å². The molecule has 0 saturated carbocycles. The van der Waals surface area contributed by atoms with Gasteiger partial charge < -0.3 is 10.4 Å². The van der Waals surface area contributed by atoms with E-state index in [0.29, 0.717) is 23.4 Å². The zero-order valence-electron chi connectivity index (χ0n) is 12.3. The van der Waals surface area contributed by atoms with E-state index in [1.54, 1.807) is 19.9 Å². The number of aliphatic hydroxyl groups is 1. The molecule has 0 aliphatic carbocycles. The lowest BCUT2D eigenvalue weighted by Gasteiger charge is -2.22. The Balaban J connectivity index is 2.58. The number of nitrogens with one attached hydrogen (secondary N) is 1. The van der Waals surface area contributed by atoms with E-state index in [2.05, 4.69) is 36.3 Å². The summed E-state index contributed by atoms with van der Waals surface area (Å²) < 4.78 is 0. The lowest BCUT2D eigenvalue weighted by molar-refractivity contribution is 0.0867. The van der Waals surface area contributed by atoms with Crippen LogP contribution in [0.25, 0.3) is 0 Å². The first-order valence-corrected chi connectivity index (χ1v) is 6.46. The van der Waals surface area contributed by atoms with Gasteiger partial charge in [-0.05, 0) is 31.7 Å². The van der Waals surface area contributed by atoms with Crippen LogP contribution in [0.1, 0.15) is 48.9 Å². The molecule has 1 atom stereocenters. The van der Waals surface area contributed by atoms with E-state index >= 15 is 0 Å². The topological polar surface area (TPSA) is 75.1 Å². The summed E-state index contributed by atoms with van der Waals surface area (Å²) in [5.74, 6) is -0.219. The Labute approximate surface area is 114 Å². The zero-order valence-corrected chi connectivity index (χ0v) is 12.3. The summed E-state index contributed by atoms with van der Waals surface area (Å²) in [6, 6.07) is 1.70. The number of nitrogens with zero attached hydrogens (tertiary/aromatic N) is 2. The van der Waals surface area contributed by atoms with Crippen LogP contribution in [0.15, 0.2) is 6.07 Å². The summed E-state index contributed by atoms with van der Waals surface area (Å²) in [6.45, 7) is 9.94. The van der Waals surface area contributed by atoms with Crippen LogP contribution in [-0.4, -0.2) is 33.9 Å². The molecule has 2 N–H and O–H groups in total. The quantitative estimate of drug-likeness (QED) is 0.867. The number of amides is 1.